The zero-order chi connectivity index (χ0) is 31.4. The number of nitrogens with one attached hydrogen (secondary N) is 1. The monoisotopic (exact) mass is 592 g/mol. The molecule has 1 aliphatic rings. The summed E-state index contributed by atoms with van der Waals surface area (Å²) in [6.45, 7) is 1.33. The van der Waals surface area contributed by atoms with E-state index in [9.17, 15) is 36.4 Å². The average Bonchev–Trinajstić information content (AvgIpc) is 3.34. The van der Waals surface area contributed by atoms with Crippen molar-refractivity contribution in [3.05, 3.63) is 76.5 Å². The number of nitrogens with zero attached hydrogens (tertiary/aromatic N) is 6. The van der Waals surface area contributed by atoms with Gasteiger partial charge in [-0.25, -0.2) is 9.48 Å². The molecule has 1 aliphatic heterocycles. The van der Waals surface area contributed by atoms with Gasteiger partial charge in [0.15, 0.2) is 0 Å². The predicted molar refractivity (Wildman–Crippen MR) is 133 cm³/mol. The summed E-state index contributed by atoms with van der Waals surface area (Å²) < 4.78 is 73.3. The van der Waals surface area contributed by atoms with Gasteiger partial charge in [0.05, 0.1) is 35.4 Å². The minimum absolute atomic E-state index is 0.00131. The maximum Gasteiger partial charge on any atom is 0.490 e. The number of primary amides is 1. The number of anilines is 3. The zero-order valence-electron chi connectivity index (χ0n) is 21.2. The summed E-state index contributed by atoms with van der Waals surface area (Å²) in [5.41, 5.74) is 6.03. The first kappa shape index (κ1) is 31.0. The third-order valence-electron chi connectivity index (χ3n) is 5.63. The first-order valence-electron chi connectivity index (χ1n) is 11.5. The molecular weight excluding hydrogens is 574 g/mol. The Kier molecular flexibility index (Phi) is 8.76. The van der Waals surface area contributed by atoms with Crippen LogP contribution in [0, 0.1) is 22.7 Å². The number of benzene rings is 2. The zero-order valence-corrected chi connectivity index (χ0v) is 21.2. The number of hydrogen-bond donors (Lipinski definition) is 3. The lowest BCUT2D eigenvalue weighted by molar-refractivity contribution is -0.192. The number of aliphatic carboxylic acids is 1. The van der Waals surface area contributed by atoms with Gasteiger partial charge in [0, 0.05) is 11.4 Å². The fourth-order valence-electron chi connectivity index (χ4n) is 3.79. The maximum absolute atomic E-state index is 13.4. The number of carbonyl (C=O) groups is 2. The highest BCUT2D eigenvalue weighted by Gasteiger charge is 2.39. The van der Waals surface area contributed by atoms with E-state index in [0.29, 0.717) is 16.8 Å². The fraction of sp³-hybridized carbons (Fsp3) is 0.200. The summed E-state index contributed by atoms with van der Waals surface area (Å²) in [5, 5.41) is 33.3. The minimum atomic E-state index is -5.08. The van der Waals surface area contributed by atoms with Crippen molar-refractivity contribution in [1.29, 1.82) is 10.5 Å². The molecule has 42 heavy (non-hydrogen) atoms. The molecule has 1 atom stereocenters. The number of hydrogen-bond acceptors (Lipinski definition) is 8. The Bertz CT molecular complexity index is 1610. The summed E-state index contributed by atoms with van der Waals surface area (Å²) in [4.78, 5) is 25.9. The Morgan fingerprint density at radius 1 is 1.07 bits per heavy atom. The largest absolute Gasteiger partial charge is 0.490 e. The number of carbonyl (C=O) groups excluding carboxylic acids is 1. The molecule has 1 amide bonds. The molecule has 4 N–H and O–H groups in total. The van der Waals surface area contributed by atoms with Gasteiger partial charge >= 0.3 is 18.3 Å². The number of halogens is 6. The van der Waals surface area contributed by atoms with E-state index in [1.165, 1.54) is 21.7 Å². The van der Waals surface area contributed by atoms with E-state index in [1.54, 1.807) is 31.2 Å². The molecule has 2 heterocycles. The van der Waals surface area contributed by atoms with Crippen LogP contribution in [0.15, 0.2) is 59.8 Å². The summed E-state index contributed by atoms with van der Waals surface area (Å²) >= 11 is 0. The fourth-order valence-corrected chi connectivity index (χ4v) is 3.79. The minimum Gasteiger partial charge on any atom is -0.475 e. The van der Waals surface area contributed by atoms with Gasteiger partial charge < -0.3 is 16.2 Å². The number of nitriles is 2. The van der Waals surface area contributed by atoms with Gasteiger partial charge in [-0.2, -0.15) is 41.9 Å². The Morgan fingerprint density at radius 2 is 1.69 bits per heavy atom. The number of alkyl halides is 6. The highest BCUT2D eigenvalue weighted by Crippen LogP contribution is 2.43. The van der Waals surface area contributed by atoms with E-state index >= 15 is 0 Å². The van der Waals surface area contributed by atoms with Crippen LogP contribution in [0.4, 0.5) is 43.9 Å². The standard InChI is InChI=1S/C23H17F3N8O.C2HF3O2/c1-13-18(11-28)20(15-7-5-14(10-27)6-8-15)34-22(31-21(32-34)30-12-19(29)35)33(13)17-4-2-3-16(9-17)23(24,25)26;3-2(4,5)1(6)7/h2-9,20H,12H2,1H3,(H2,29,35)(H,30,32);(H,6,7)/t20-;/m1./s1. The summed E-state index contributed by atoms with van der Waals surface area (Å²) in [6, 6.07) is 14.5. The molecule has 17 heteroatoms. The third-order valence-corrected chi connectivity index (χ3v) is 5.63. The molecule has 2 aromatic carbocycles. The number of allylic oxidation sites excluding steroid dienone is 2. The molecule has 3 aromatic rings. The smallest absolute Gasteiger partial charge is 0.475 e. The van der Waals surface area contributed by atoms with Crippen molar-refractivity contribution in [3.63, 3.8) is 0 Å². The van der Waals surface area contributed by atoms with Gasteiger partial charge in [0.25, 0.3) is 0 Å². The highest BCUT2D eigenvalue weighted by atomic mass is 19.4. The van der Waals surface area contributed by atoms with Crippen molar-refractivity contribution in [2.45, 2.75) is 25.3 Å². The van der Waals surface area contributed by atoms with Crippen LogP contribution in [0.2, 0.25) is 0 Å². The van der Waals surface area contributed by atoms with E-state index in [4.69, 9.17) is 20.9 Å². The SMILES string of the molecule is CC1=C(C#N)[C@@H](c2ccc(C#N)cc2)n2nc(NCC(N)=O)nc2N1c1cccc(C(F)(F)F)c1.O=C(O)C(F)(F)F. The number of nitrogens with two attached hydrogens (primary N) is 1. The van der Waals surface area contributed by atoms with Crippen LogP contribution in [-0.2, 0) is 15.8 Å². The third kappa shape index (κ3) is 6.76. The highest BCUT2D eigenvalue weighted by molar-refractivity contribution is 5.78. The molecule has 0 aliphatic carbocycles. The predicted octanol–water partition coefficient (Wildman–Crippen LogP) is 4.24. The van der Waals surface area contributed by atoms with Crippen molar-refractivity contribution in [3.8, 4) is 12.1 Å². The van der Waals surface area contributed by atoms with E-state index in [0.717, 1.165) is 12.1 Å². The van der Waals surface area contributed by atoms with E-state index in [2.05, 4.69) is 21.5 Å². The molecule has 0 spiro atoms. The van der Waals surface area contributed by atoms with Crippen LogP contribution in [0.3, 0.4) is 0 Å². The quantitative estimate of drug-likeness (QED) is 0.366. The van der Waals surface area contributed by atoms with E-state index < -0.39 is 35.8 Å². The van der Waals surface area contributed by atoms with Crippen molar-refractivity contribution in [2.75, 3.05) is 16.8 Å². The van der Waals surface area contributed by atoms with Gasteiger partial charge in [0.1, 0.15) is 6.04 Å². The molecule has 0 radical (unpaired) electrons. The second-order valence-corrected chi connectivity index (χ2v) is 8.43. The molecule has 0 saturated heterocycles. The first-order chi connectivity index (χ1) is 19.6. The van der Waals surface area contributed by atoms with Gasteiger partial charge in [-0.3, -0.25) is 9.69 Å². The van der Waals surface area contributed by atoms with E-state index in [1.807, 2.05) is 6.07 Å². The van der Waals surface area contributed by atoms with Crippen LogP contribution >= 0.6 is 0 Å². The number of aromatic nitrogens is 3. The van der Waals surface area contributed by atoms with Crippen LogP contribution in [0.5, 0.6) is 0 Å². The second-order valence-electron chi connectivity index (χ2n) is 8.43. The Labute approximate surface area is 232 Å². The van der Waals surface area contributed by atoms with Crippen LogP contribution < -0.4 is 16.0 Å². The lowest BCUT2D eigenvalue weighted by Gasteiger charge is -2.34. The van der Waals surface area contributed by atoms with Crippen molar-refractivity contribution in [1.82, 2.24) is 14.8 Å². The number of rotatable bonds is 5. The normalized spacial score (nSPS) is 14.6. The van der Waals surface area contributed by atoms with Gasteiger partial charge in [0.2, 0.25) is 17.8 Å². The number of carboxylic acids is 1. The van der Waals surface area contributed by atoms with Crippen LogP contribution in [0.25, 0.3) is 0 Å². The molecule has 11 nitrogen and oxygen atoms in total. The summed E-state index contributed by atoms with van der Waals surface area (Å²) in [6.07, 6.45) is -9.66. The lowest BCUT2D eigenvalue weighted by Crippen LogP contribution is -2.31. The molecular formula is C25H18F6N8O3. The van der Waals surface area contributed by atoms with Crippen LogP contribution in [-0.4, -0.2) is 44.5 Å². The molecule has 0 fully saturated rings. The van der Waals surface area contributed by atoms with Crippen molar-refractivity contribution >= 4 is 29.5 Å². The summed E-state index contributed by atoms with van der Waals surface area (Å²) in [7, 11) is 0. The average molecular weight is 592 g/mol. The van der Waals surface area contributed by atoms with Crippen molar-refractivity contribution in [2.24, 2.45) is 5.73 Å². The molecule has 4 rings (SSSR count). The number of carboxylic acid groups (broad SMARTS) is 1. The topological polar surface area (TPSA) is 174 Å². The van der Waals surface area contributed by atoms with Gasteiger partial charge in [-0.1, -0.05) is 18.2 Å². The molecule has 0 saturated carbocycles. The van der Waals surface area contributed by atoms with Gasteiger partial charge in [-0.05, 0) is 42.8 Å². The Morgan fingerprint density at radius 3 is 2.19 bits per heavy atom. The number of amides is 1. The molecule has 218 valence electrons. The van der Waals surface area contributed by atoms with Crippen LogP contribution in [0.1, 0.15) is 29.7 Å². The second kappa shape index (κ2) is 11.9. The number of fused-ring (bicyclic) bond motifs is 1. The van der Waals surface area contributed by atoms with Crippen molar-refractivity contribution < 1.29 is 41.0 Å². The van der Waals surface area contributed by atoms with E-state index in [-0.39, 0.29) is 29.7 Å². The Hall–Kier alpha value is -5.58. The maximum atomic E-state index is 13.4. The summed E-state index contributed by atoms with van der Waals surface area (Å²) in [5.74, 6) is -3.29. The Balaban J connectivity index is 0.000000616. The molecule has 1 aromatic heterocycles. The molecule has 0 bridgehead atoms. The lowest BCUT2D eigenvalue weighted by atomic mass is 9.95. The van der Waals surface area contributed by atoms with Gasteiger partial charge in [-0.15, -0.1) is 5.10 Å². The molecule has 0 unspecified atom stereocenters. The first-order valence-corrected chi connectivity index (χ1v) is 11.5.